The lowest BCUT2D eigenvalue weighted by molar-refractivity contribution is -0.0440. The highest BCUT2D eigenvalue weighted by molar-refractivity contribution is 7.89. The van der Waals surface area contributed by atoms with Crippen molar-refractivity contribution in [3.05, 3.63) is 53.8 Å². The summed E-state index contributed by atoms with van der Waals surface area (Å²) < 4.78 is 48.0. The number of para-hydroxylation sites is 1. The van der Waals surface area contributed by atoms with Crippen molar-refractivity contribution in [3.63, 3.8) is 0 Å². The highest BCUT2D eigenvalue weighted by Gasteiger charge is 2.32. The van der Waals surface area contributed by atoms with E-state index < -0.39 is 21.7 Å². The third-order valence-corrected chi connectivity index (χ3v) is 7.62. The van der Waals surface area contributed by atoms with Gasteiger partial charge in [0.15, 0.2) is 0 Å². The summed E-state index contributed by atoms with van der Waals surface area (Å²) in [5.74, 6) is -1.08. The van der Waals surface area contributed by atoms with Crippen LogP contribution in [0.2, 0.25) is 0 Å². The van der Waals surface area contributed by atoms with Gasteiger partial charge < -0.3 is 15.0 Å². The molecule has 2 aromatic carbocycles. The summed E-state index contributed by atoms with van der Waals surface area (Å²) in [6.07, 6.45) is 1.60. The summed E-state index contributed by atoms with van der Waals surface area (Å²) in [6, 6.07) is 10.6. The van der Waals surface area contributed by atoms with Crippen LogP contribution in [0.25, 0.3) is 0 Å². The Balaban J connectivity index is 1.59. The van der Waals surface area contributed by atoms with Crippen molar-refractivity contribution in [2.45, 2.75) is 43.8 Å². The van der Waals surface area contributed by atoms with Gasteiger partial charge in [0.05, 0.1) is 22.8 Å². The number of hydrogen-bond donors (Lipinski definition) is 1. The first kappa shape index (κ1) is 22.7. The maximum absolute atomic E-state index is 14.6. The van der Waals surface area contributed by atoms with Crippen molar-refractivity contribution >= 4 is 27.3 Å². The van der Waals surface area contributed by atoms with Crippen LogP contribution in [0.3, 0.4) is 0 Å². The minimum atomic E-state index is -3.80. The number of hydrogen-bond acceptors (Lipinski definition) is 5. The Hall–Kier alpha value is -2.49. The molecule has 172 valence electrons. The second kappa shape index (κ2) is 9.17. The van der Waals surface area contributed by atoms with Crippen LogP contribution < -0.4 is 10.2 Å². The van der Waals surface area contributed by atoms with Crippen LogP contribution in [0.1, 0.15) is 37.0 Å². The zero-order valence-electron chi connectivity index (χ0n) is 18.3. The molecule has 0 aliphatic carbocycles. The smallest absolute Gasteiger partial charge is 0.255 e. The molecular formula is C23H28FN3O4S. The highest BCUT2D eigenvalue weighted by Crippen LogP contribution is 2.32. The van der Waals surface area contributed by atoms with Crippen molar-refractivity contribution < 1.29 is 22.3 Å². The average molecular weight is 462 g/mol. The fraction of sp³-hybridized carbons (Fsp3) is 0.435. The van der Waals surface area contributed by atoms with Crippen LogP contribution >= 0.6 is 0 Å². The molecular weight excluding hydrogens is 433 g/mol. The van der Waals surface area contributed by atoms with Crippen LogP contribution in [0, 0.1) is 5.82 Å². The van der Waals surface area contributed by atoms with Crippen LogP contribution in [-0.4, -0.2) is 57.0 Å². The largest absolute Gasteiger partial charge is 0.373 e. The maximum Gasteiger partial charge on any atom is 0.255 e. The van der Waals surface area contributed by atoms with E-state index in [4.69, 9.17) is 4.74 Å². The van der Waals surface area contributed by atoms with Gasteiger partial charge in [0.25, 0.3) is 5.91 Å². The Morgan fingerprint density at radius 3 is 2.41 bits per heavy atom. The summed E-state index contributed by atoms with van der Waals surface area (Å²) in [6.45, 7) is 5.75. The molecule has 0 bridgehead atoms. The molecule has 4 rings (SSSR count). The third-order valence-electron chi connectivity index (χ3n) is 5.80. The van der Waals surface area contributed by atoms with Crippen molar-refractivity contribution in [2.75, 3.05) is 36.4 Å². The number of ether oxygens (including phenoxy) is 1. The molecule has 2 saturated heterocycles. The maximum atomic E-state index is 14.6. The number of benzene rings is 2. The normalized spacial score (nSPS) is 22.2. The number of morpholine rings is 1. The van der Waals surface area contributed by atoms with Gasteiger partial charge in [0, 0.05) is 31.7 Å². The number of nitrogens with zero attached hydrogens (tertiary/aromatic N) is 2. The molecule has 0 aromatic heterocycles. The van der Waals surface area contributed by atoms with Gasteiger partial charge in [-0.2, -0.15) is 4.31 Å². The fourth-order valence-corrected chi connectivity index (χ4v) is 5.95. The summed E-state index contributed by atoms with van der Waals surface area (Å²) in [5.41, 5.74) is 0.899. The first-order valence-electron chi connectivity index (χ1n) is 10.9. The minimum Gasteiger partial charge on any atom is -0.373 e. The molecule has 0 spiro atoms. The van der Waals surface area contributed by atoms with Crippen LogP contribution in [-0.2, 0) is 14.8 Å². The van der Waals surface area contributed by atoms with Crippen molar-refractivity contribution in [1.82, 2.24) is 4.31 Å². The molecule has 7 nitrogen and oxygen atoms in total. The number of carbonyl (C=O) groups is 1. The molecule has 1 N–H and O–H groups in total. The van der Waals surface area contributed by atoms with E-state index in [-0.39, 0.29) is 41.4 Å². The molecule has 9 heteroatoms. The van der Waals surface area contributed by atoms with E-state index in [1.165, 1.54) is 34.6 Å². The van der Waals surface area contributed by atoms with E-state index in [0.29, 0.717) is 5.69 Å². The zero-order chi connectivity index (χ0) is 22.9. The minimum absolute atomic E-state index is 0.0275. The van der Waals surface area contributed by atoms with Gasteiger partial charge in [0.2, 0.25) is 10.0 Å². The van der Waals surface area contributed by atoms with Gasteiger partial charge >= 0.3 is 0 Å². The van der Waals surface area contributed by atoms with E-state index in [9.17, 15) is 17.6 Å². The number of nitrogens with one attached hydrogen (secondary N) is 1. The predicted molar refractivity (Wildman–Crippen MR) is 121 cm³/mol. The second-order valence-electron chi connectivity index (χ2n) is 8.39. The van der Waals surface area contributed by atoms with E-state index in [0.717, 1.165) is 25.9 Å². The zero-order valence-corrected chi connectivity index (χ0v) is 19.1. The number of carbonyl (C=O) groups excluding carboxylic acids is 1. The molecule has 1 amide bonds. The summed E-state index contributed by atoms with van der Waals surface area (Å²) in [7, 11) is -3.80. The summed E-state index contributed by atoms with van der Waals surface area (Å²) >= 11 is 0. The Kier molecular flexibility index (Phi) is 6.50. The van der Waals surface area contributed by atoms with Crippen LogP contribution in [0.4, 0.5) is 15.8 Å². The molecule has 2 aromatic rings. The SMILES string of the molecule is CC1CN(S(=O)(=O)c2cccc(C(=O)Nc3c(F)cccc3N3CCCC3)c2)CC(C)O1. The van der Waals surface area contributed by atoms with Crippen LogP contribution in [0.5, 0.6) is 0 Å². The predicted octanol–water partition coefficient (Wildman–Crippen LogP) is 3.48. The van der Waals surface area contributed by atoms with Gasteiger partial charge in [-0.15, -0.1) is 0 Å². The monoisotopic (exact) mass is 461 g/mol. The molecule has 2 heterocycles. The molecule has 2 atom stereocenters. The molecule has 2 aliphatic rings. The summed E-state index contributed by atoms with van der Waals surface area (Å²) in [5, 5.41) is 2.66. The number of sulfonamides is 1. The third kappa shape index (κ3) is 4.65. The molecule has 2 unspecified atom stereocenters. The van der Waals surface area contributed by atoms with E-state index in [1.807, 2.05) is 18.7 Å². The first-order chi connectivity index (χ1) is 15.3. The molecule has 0 saturated carbocycles. The molecule has 32 heavy (non-hydrogen) atoms. The van der Waals surface area contributed by atoms with Gasteiger partial charge in [-0.05, 0) is 57.0 Å². The highest BCUT2D eigenvalue weighted by atomic mass is 32.2. The Morgan fingerprint density at radius 2 is 1.72 bits per heavy atom. The van der Waals surface area contributed by atoms with Crippen molar-refractivity contribution in [1.29, 1.82) is 0 Å². The lowest BCUT2D eigenvalue weighted by Crippen LogP contribution is -2.48. The first-order valence-corrected chi connectivity index (χ1v) is 12.3. The van der Waals surface area contributed by atoms with E-state index in [2.05, 4.69) is 5.32 Å². The standard InChI is InChI=1S/C23H28FN3O4S/c1-16-14-27(15-17(2)31-16)32(29,30)19-8-5-7-18(13-19)23(28)25-22-20(24)9-6-10-21(22)26-11-3-4-12-26/h5-10,13,16-17H,3-4,11-12,14-15H2,1-2H3,(H,25,28). The lowest BCUT2D eigenvalue weighted by Gasteiger charge is -2.34. The number of rotatable bonds is 5. The Bertz CT molecular complexity index is 1090. The van der Waals surface area contributed by atoms with E-state index in [1.54, 1.807) is 12.1 Å². The quantitative estimate of drug-likeness (QED) is 0.738. The van der Waals surface area contributed by atoms with Gasteiger partial charge in [-0.3, -0.25) is 4.79 Å². The van der Waals surface area contributed by atoms with Crippen molar-refractivity contribution in [2.24, 2.45) is 0 Å². The average Bonchev–Trinajstić information content (AvgIpc) is 3.29. The molecule has 2 fully saturated rings. The number of anilines is 2. The van der Waals surface area contributed by atoms with Gasteiger partial charge in [-0.25, -0.2) is 12.8 Å². The second-order valence-corrected chi connectivity index (χ2v) is 10.3. The van der Waals surface area contributed by atoms with Crippen molar-refractivity contribution in [3.8, 4) is 0 Å². The Labute approximate surface area is 188 Å². The van der Waals surface area contributed by atoms with Crippen LogP contribution in [0.15, 0.2) is 47.4 Å². The molecule has 0 radical (unpaired) electrons. The lowest BCUT2D eigenvalue weighted by atomic mass is 10.2. The van der Waals surface area contributed by atoms with Gasteiger partial charge in [0.1, 0.15) is 11.5 Å². The fourth-order valence-electron chi connectivity index (χ4n) is 4.32. The molecule has 2 aliphatic heterocycles. The Morgan fingerprint density at radius 1 is 1.06 bits per heavy atom. The van der Waals surface area contributed by atoms with Gasteiger partial charge in [-0.1, -0.05) is 12.1 Å². The topological polar surface area (TPSA) is 79.0 Å². The number of halogens is 1. The number of amides is 1. The van der Waals surface area contributed by atoms with E-state index >= 15 is 0 Å². The summed E-state index contributed by atoms with van der Waals surface area (Å²) in [4.78, 5) is 15.0.